The molecule has 0 aliphatic carbocycles. The molecule has 0 bridgehead atoms. The third-order valence-corrected chi connectivity index (χ3v) is 4.99. The van der Waals surface area contributed by atoms with E-state index in [0.717, 1.165) is 22.2 Å². The van der Waals surface area contributed by atoms with Crippen molar-refractivity contribution >= 4 is 28.5 Å². The van der Waals surface area contributed by atoms with Gasteiger partial charge in [0.1, 0.15) is 10.8 Å². The van der Waals surface area contributed by atoms with Crippen LogP contribution in [0.5, 0.6) is 0 Å². The molecule has 0 N–H and O–H groups in total. The molecule has 158 valence electrons. The Morgan fingerprint density at radius 3 is 2.43 bits per heavy atom. The van der Waals surface area contributed by atoms with Crippen LogP contribution in [-0.4, -0.2) is 33.1 Å². The van der Waals surface area contributed by atoms with E-state index in [1.807, 2.05) is 69.3 Å². The van der Waals surface area contributed by atoms with Gasteiger partial charge in [0.2, 0.25) is 0 Å². The molecule has 2 heterocycles. The molecule has 6 heteroatoms. The van der Waals surface area contributed by atoms with Gasteiger partial charge in [-0.3, -0.25) is 4.98 Å². The van der Waals surface area contributed by atoms with Gasteiger partial charge in [-0.1, -0.05) is 55.8 Å². The number of pyridine rings is 2. The molecule has 0 spiro atoms. The van der Waals surface area contributed by atoms with Crippen molar-refractivity contribution in [3.05, 3.63) is 71.3 Å². The molecule has 0 saturated heterocycles. The van der Waals surface area contributed by atoms with Gasteiger partial charge in [-0.15, -0.1) is 0 Å². The predicted molar refractivity (Wildman–Crippen MR) is 121 cm³/mol. The summed E-state index contributed by atoms with van der Waals surface area (Å²) in [5.41, 5.74) is 0.567. The smallest absolute Gasteiger partial charge is 0.410 e. The fourth-order valence-electron chi connectivity index (χ4n) is 3.26. The van der Waals surface area contributed by atoms with Crippen LogP contribution in [0.2, 0.25) is 5.15 Å². The van der Waals surface area contributed by atoms with Crippen LogP contribution in [0, 0.1) is 0 Å². The van der Waals surface area contributed by atoms with Gasteiger partial charge in [-0.25, -0.2) is 9.78 Å². The van der Waals surface area contributed by atoms with Gasteiger partial charge in [-0.2, -0.15) is 0 Å². The zero-order chi connectivity index (χ0) is 21.9. The lowest BCUT2D eigenvalue weighted by molar-refractivity contribution is 0.0192. The largest absolute Gasteiger partial charge is 0.444 e. The fraction of sp³-hybridized carbons (Fsp3) is 0.375. The summed E-state index contributed by atoms with van der Waals surface area (Å²) in [6, 6.07) is 15.6. The molecule has 30 heavy (non-hydrogen) atoms. The minimum Gasteiger partial charge on any atom is -0.444 e. The molecule has 0 radical (unpaired) electrons. The summed E-state index contributed by atoms with van der Waals surface area (Å²) in [4.78, 5) is 23.7. The summed E-state index contributed by atoms with van der Waals surface area (Å²) in [7, 11) is 0. The normalized spacial score (nSPS) is 12.1. The number of aromatic nitrogens is 2. The molecular formula is C24H28ClN3O2. The number of rotatable bonds is 5. The van der Waals surface area contributed by atoms with Crippen LogP contribution in [0.15, 0.2) is 54.7 Å². The summed E-state index contributed by atoms with van der Waals surface area (Å²) in [6.45, 7) is 10.4. The number of carbonyl (C=O) groups excluding carboxylic acids is 1. The summed E-state index contributed by atoms with van der Waals surface area (Å²) >= 11 is 6.46. The molecule has 5 nitrogen and oxygen atoms in total. The third kappa shape index (κ3) is 5.48. The lowest BCUT2D eigenvalue weighted by Gasteiger charge is -2.34. The Kier molecular flexibility index (Phi) is 6.32. The van der Waals surface area contributed by atoms with Crippen molar-refractivity contribution in [1.82, 2.24) is 14.9 Å². The molecule has 0 saturated carbocycles. The van der Waals surface area contributed by atoms with Gasteiger partial charge < -0.3 is 9.64 Å². The highest BCUT2D eigenvalue weighted by Crippen LogP contribution is 2.30. The van der Waals surface area contributed by atoms with E-state index in [-0.39, 0.29) is 6.09 Å². The maximum absolute atomic E-state index is 13.0. The van der Waals surface area contributed by atoms with Crippen molar-refractivity contribution in [3.63, 3.8) is 0 Å². The first-order chi connectivity index (χ1) is 14.0. The van der Waals surface area contributed by atoms with E-state index in [9.17, 15) is 4.79 Å². The van der Waals surface area contributed by atoms with E-state index in [2.05, 4.69) is 23.8 Å². The molecular weight excluding hydrogens is 398 g/mol. The number of carbonyl (C=O) groups is 1. The lowest BCUT2D eigenvalue weighted by Crippen LogP contribution is -2.43. The SMILES string of the molecule is CC(C)(C)OC(=O)N(Cc1ccccn1)CC(C)(C)c1cc2ccccc2c(Cl)n1. The van der Waals surface area contributed by atoms with E-state index >= 15 is 0 Å². The standard InChI is InChI=1S/C24H28ClN3O2/c1-23(2,3)30-22(29)28(15-18-11-8-9-13-26-18)16-24(4,5)20-14-17-10-6-7-12-19(17)21(25)27-20/h6-14H,15-16H2,1-5H3. The Bertz CT molecular complexity index is 1030. The second-order valence-electron chi connectivity index (χ2n) is 9.06. The molecule has 0 unspecified atom stereocenters. The van der Waals surface area contributed by atoms with E-state index in [1.165, 1.54) is 0 Å². The minimum atomic E-state index is -0.589. The molecule has 3 aromatic rings. The maximum Gasteiger partial charge on any atom is 0.410 e. The van der Waals surface area contributed by atoms with Crippen LogP contribution >= 0.6 is 11.6 Å². The Morgan fingerprint density at radius 1 is 1.07 bits per heavy atom. The molecule has 2 aromatic heterocycles. The zero-order valence-electron chi connectivity index (χ0n) is 18.1. The number of amides is 1. The van der Waals surface area contributed by atoms with Crippen LogP contribution < -0.4 is 0 Å². The Morgan fingerprint density at radius 2 is 1.77 bits per heavy atom. The van der Waals surface area contributed by atoms with Crippen molar-refractivity contribution in [2.45, 2.75) is 52.2 Å². The zero-order valence-corrected chi connectivity index (χ0v) is 18.9. The van der Waals surface area contributed by atoms with Crippen LogP contribution in [0.1, 0.15) is 46.0 Å². The monoisotopic (exact) mass is 425 g/mol. The van der Waals surface area contributed by atoms with Gasteiger partial charge in [0, 0.05) is 23.5 Å². The van der Waals surface area contributed by atoms with E-state index in [1.54, 1.807) is 11.1 Å². The van der Waals surface area contributed by atoms with Crippen molar-refractivity contribution in [2.24, 2.45) is 0 Å². The molecule has 1 aromatic carbocycles. The summed E-state index contributed by atoms with van der Waals surface area (Å²) in [6.07, 6.45) is 1.34. The number of nitrogens with zero attached hydrogens (tertiary/aromatic N) is 3. The highest BCUT2D eigenvalue weighted by molar-refractivity contribution is 6.34. The van der Waals surface area contributed by atoms with Crippen LogP contribution in [0.4, 0.5) is 4.79 Å². The van der Waals surface area contributed by atoms with Gasteiger partial charge >= 0.3 is 6.09 Å². The van der Waals surface area contributed by atoms with Crippen molar-refractivity contribution in [2.75, 3.05) is 6.54 Å². The van der Waals surface area contributed by atoms with Crippen molar-refractivity contribution in [3.8, 4) is 0 Å². The fourth-order valence-corrected chi connectivity index (χ4v) is 3.52. The van der Waals surface area contributed by atoms with Crippen LogP contribution in [-0.2, 0) is 16.7 Å². The second-order valence-corrected chi connectivity index (χ2v) is 9.42. The van der Waals surface area contributed by atoms with E-state index in [4.69, 9.17) is 16.3 Å². The Labute approximate surface area is 183 Å². The third-order valence-electron chi connectivity index (χ3n) is 4.70. The van der Waals surface area contributed by atoms with E-state index in [0.29, 0.717) is 18.2 Å². The number of hydrogen-bond donors (Lipinski definition) is 0. The minimum absolute atomic E-state index is 0.348. The number of halogens is 1. The van der Waals surface area contributed by atoms with Gasteiger partial charge in [-0.05, 0) is 44.4 Å². The number of benzene rings is 1. The average Bonchev–Trinajstić information content (AvgIpc) is 2.67. The van der Waals surface area contributed by atoms with Crippen LogP contribution in [0.3, 0.4) is 0 Å². The first kappa shape index (κ1) is 22.0. The van der Waals surface area contributed by atoms with Gasteiger partial charge in [0.15, 0.2) is 0 Å². The van der Waals surface area contributed by atoms with Gasteiger partial charge in [0.25, 0.3) is 0 Å². The Hall–Kier alpha value is -2.66. The average molecular weight is 426 g/mol. The Balaban J connectivity index is 1.92. The molecule has 0 aliphatic heterocycles. The summed E-state index contributed by atoms with van der Waals surface area (Å²) in [5.74, 6) is 0. The quantitative estimate of drug-likeness (QED) is 0.470. The molecule has 1 amide bonds. The number of fused-ring (bicyclic) bond motifs is 1. The molecule has 0 fully saturated rings. The molecule has 3 rings (SSSR count). The van der Waals surface area contributed by atoms with Gasteiger partial charge in [0.05, 0.1) is 17.9 Å². The lowest BCUT2D eigenvalue weighted by atomic mass is 9.87. The number of hydrogen-bond acceptors (Lipinski definition) is 4. The van der Waals surface area contributed by atoms with Crippen molar-refractivity contribution < 1.29 is 9.53 Å². The predicted octanol–water partition coefficient (Wildman–Crippen LogP) is 6.00. The molecule has 0 aliphatic rings. The van der Waals surface area contributed by atoms with Crippen LogP contribution in [0.25, 0.3) is 10.8 Å². The first-order valence-corrected chi connectivity index (χ1v) is 10.4. The highest BCUT2D eigenvalue weighted by Gasteiger charge is 2.31. The maximum atomic E-state index is 13.0. The topological polar surface area (TPSA) is 55.3 Å². The second kappa shape index (κ2) is 8.60. The first-order valence-electron chi connectivity index (χ1n) is 9.99. The highest BCUT2D eigenvalue weighted by atomic mass is 35.5. The summed E-state index contributed by atoms with van der Waals surface area (Å²) in [5, 5.41) is 2.40. The molecule has 0 atom stereocenters. The summed E-state index contributed by atoms with van der Waals surface area (Å²) < 4.78 is 5.66. The number of ether oxygens (including phenoxy) is 1. The van der Waals surface area contributed by atoms with Crippen molar-refractivity contribution in [1.29, 1.82) is 0 Å². The van der Waals surface area contributed by atoms with E-state index < -0.39 is 11.0 Å².